The van der Waals surface area contributed by atoms with Crippen LogP contribution in [0.2, 0.25) is 0 Å². The van der Waals surface area contributed by atoms with E-state index in [0.29, 0.717) is 5.56 Å². The fraction of sp³-hybridized carbons (Fsp3) is 0. The summed E-state index contributed by atoms with van der Waals surface area (Å²) in [6.45, 7) is 0. The minimum Gasteiger partial charge on any atom is -0.309 e. The van der Waals surface area contributed by atoms with Gasteiger partial charge in [0, 0.05) is 38.0 Å². The predicted molar refractivity (Wildman–Crippen MR) is 216 cm³/mol. The molecule has 3 aromatic heterocycles. The lowest BCUT2D eigenvalue weighted by Crippen LogP contribution is -1.99. The largest absolute Gasteiger partial charge is 0.309 e. The molecule has 240 valence electrons. The maximum atomic E-state index is 10.2. The molecule has 8 aromatic carbocycles. The number of aromatic nitrogens is 3. The Balaban J connectivity index is 1.25. The van der Waals surface area contributed by atoms with Crippen LogP contribution in [0.1, 0.15) is 5.56 Å². The average molecular weight is 661 g/mol. The van der Waals surface area contributed by atoms with Crippen LogP contribution in [-0.4, -0.2) is 14.1 Å². The Labute approximate surface area is 298 Å². The van der Waals surface area contributed by atoms with Crippen LogP contribution in [-0.2, 0) is 0 Å². The van der Waals surface area contributed by atoms with Gasteiger partial charge in [-0.25, -0.2) is 4.98 Å². The van der Waals surface area contributed by atoms with E-state index in [1.54, 1.807) is 0 Å². The summed E-state index contributed by atoms with van der Waals surface area (Å²) >= 11 is 0. The van der Waals surface area contributed by atoms with E-state index in [1.165, 1.54) is 48.7 Å². The van der Waals surface area contributed by atoms with Crippen LogP contribution in [0.15, 0.2) is 170 Å². The predicted octanol–water partition coefficient (Wildman–Crippen LogP) is 12.3. The van der Waals surface area contributed by atoms with Gasteiger partial charge < -0.3 is 4.57 Å². The highest BCUT2D eigenvalue weighted by Crippen LogP contribution is 2.44. The zero-order chi connectivity index (χ0) is 34.3. The second-order valence-corrected chi connectivity index (χ2v) is 13.5. The highest BCUT2D eigenvalue weighted by atomic mass is 15.1. The van der Waals surface area contributed by atoms with Gasteiger partial charge in [-0.1, -0.05) is 121 Å². The summed E-state index contributed by atoms with van der Waals surface area (Å²) in [5, 5.41) is 20.7. The molecule has 0 saturated carbocycles. The third-order valence-electron chi connectivity index (χ3n) is 10.7. The summed E-state index contributed by atoms with van der Waals surface area (Å²) in [6.07, 6.45) is 0. The van der Waals surface area contributed by atoms with Gasteiger partial charge in [0.05, 0.1) is 39.2 Å². The quantitative estimate of drug-likeness (QED) is 0.189. The molecule has 0 bridgehead atoms. The maximum Gasteiger partial charge on any atom is 0.139 e. The molecule has 0 spiro atoms. The number of nitrogens with zero attached hydrogens (tertiary/aromatic N) is 4. The van der Waals surface area contributed by atoms with Crippen molar-refractivity contribution < 1.29 is 0 Å². The van der Waals surface area contributed by atoms with Gasteiger partial charge in [0.25, 0.3) is 0 Å². The fourth-order valence-corrected chi connectivity index (χ4v) is 8.48. The van der Waals surface area contributed by atoms with Crippen LogP contribution in [0.4, 0.5) is 0 Å². The number of benzene rings is 8. The minimum absolute atomic E-state index is 0.611. The molecule has 0 aliphatic heterocycles. The standard InChI is InChI=1S/C48H28N4/c49-29-32-27-46(50-42-20-10-8-15-34(32)42)52-43-21-11-9-19-39(43)47-37-18-7-6-17-36(37)40(28-45(47)52)31-23-25-44-41(26-31)38-24-22-30-12-4-5-16-35(30)48(38)51(44)33-13-2-1-3-14-33/h1-28H. The Hall–Kier alpha value is -7.22. The second-order valence-electron chi connectivity index (χ2n) is 13.5. The van der Waals surface area contributed by atoms with Crippen molar-refractivity contribution in [2.45, 2.75) is 0 Å². The molecule has 4 nitrogen and oxygen atoms in total. The fourth-order valence-electron chi connectivity index (χ4n) is 8.48. The number of rotatable bonds is 3. The Morgan fingerprint density at radius 1 is 0.462 bits per heavy atom. The normalized spacial score (nSPS) is 11.8. The first-order valence-electron chi connectivity index (χ1n) is 17.5. The lowest BCUT2D eigenvalue weighted by atomic mass is 9.94. The molecule has 11 rings (SSSR count). The second kappa shape index (κ2) is 10.9. The molecular weight excluding hydrogens is 633 g/mol. The van der Waals surface area contributed by atoms with Gasteiger partial charge in [-0.05, 0) is 75.8 Å². The summed E-state index contributed by atoms with van der Waals surface area (Å²) in [5.74, 6) is 0.732. The Kier molecular flexibility index (Phi) is 5.99. The van der Waals surface area contributed by atoms with Crippen LogP contribution < -0.4 is 0 Å². The van der Waals surface area contributed by atoms with Crippen LogP contribution >= 0.6 is 0 Å². The topological polar surface area (TPSA) is 46.5 Å². The molecule has 0 N–H and O–H groups in total. The number of hydrogen-bond donors (Lipinski definition) is 0. The number of fused-ring (bicyclic) bond motifs is 11. The molecule has 0 atom stereocenters. The molecule has 0 unspecified atom stereocenters. The summed E-state index contributed by atoms with van der Waals surface area (Å²) in [5.41, 5.74) is 9.35. The van der Waals surface area contributed by atoms with Crippen molar-refractivity contribution in [2.24, 2.45) is 0 Å². The average Bonchev–Trinajstić information content (AvgIpc) is 3.73. The molecule has 4 heteroatoms. The number of nitriles is 1. The lowest BCUT2D eigenvalue weighted by Gasteiger charge is -2.13. The summed E-state index contributed by atoms with van der Waals surface area (Å²) < 4.78 is 4.65. The van der Waals surface area contributed by atoms with E-state index >= 15 is 0 Å². The lowest BCUT2D eigenvalue weighted by molar-refractivity contribution is 1.10. The van der Waals surface area contributed by atoms with Crippen molar-refractivity contribution in [1.82, 2.24) is 14.1 Å². The summed E-state index contributed by atoms with van der Waals surface area (Å²) in [6, 6.07) is 62.6. The van der Waals surface area contributed by atoms with Crippen molar-refractivity contribution in [3.63, 3.8) is 0 Å². The third kappa shape index (κ3) is 3.99. The summed E-state index contributed by atoms with van der Waals surface area (Å²) in [7, 11) is 0. The number of hydrogen-bond acceptors (Lipinski definition) is 2. The summed E-state index contributed by atoms with van der Waals surface area (Å²) in [4.78, 5) is 5.15. The molecule has 0 radical (unpaired) electrons. The van der Waals surface area contributed by atoms with Gasteiger partial charge in [-0.3, -0.25) is 4.57 Å². The Bertz CT molecular complexity index is 3300. The first kappa shape index (κ1) is 28.6. The van der Waals surface area contributed by atoms with Crippen molar-refractivity contribution in [3.8, 4) is 28.7 Å². The van der Waals surface area contributed by atoms with Gasteiger partial charge in [0.1, 0.15) is 5.82 Å². The SMILES string of the molecule is N#Cc1cc(-n2c3ccccc3c3c4ccccc4c(-c4ccc5c(c4)c4ccc6ccccc6c4n5-c4ccccc4)cc32)nc2ccccc12. The molecular formula is C48H28N4. The van der Waals surface area contributed by atoms with Crippen molar-refractivity contribution in [2.75, 3.05) is 0 Å². The minimum atomic E-state index is 0.611. The van der Waals surface area contributed by atoms with Gasteiger partial charge in [0.2, 0.25) is 0 Å². The molecule has 0 aliphatic rings. The van der Waals surface area contributed by atoms with E-state index in [0.717, 1.165) is 50.0 Å². The zero-order valence-electron chi connectivity index (χ0n) is 28.0. The monoisotopic (exact) mass is 660 g/mol. The van der Waals surface area contributed by atoms with Crippen LogP contribution in [0.5, 0.6) is 0 Å². The Morgan fingerprint density at radius 3 is 2.00 bits per heavy atom. The van der Waals surface area contributed by atoms with Crippen LogP contribution in [0, 0.1) is 11.3 Å². The molecule has 0 aliphatic carbocycles. The van der Waals surface area contributed by atoms with Crippen molar-refractivity contribution in [1.29, 1.82) is 5.26 Å². The molecule has 3 heterocycles. The molecule has 0 fully saturated rings. The van der Waals surface area contributed by atoms with Gasteiger partial charge in [-0.2, -0.15) is 5.26 Å². The van der Waals surface area contributed by atoms with Crippen molar-refractivity contribution in [3.05, 3.63) is 175 Å². The number of para-hydroxylation sites is 3. The van der Waals surface area contributed by atoms with Gasteiger partial charge in [-0.15, -0.1) is 0 Å². The molecule has 52 heavy (non-hydrogen) atoms. The van der Waals surface area contributed by atoms with Crippen molar-refractivity contribution >= 4 is 76.1 Å². The van der Waals surface area contributed by atoms with E-state index in [4.69, 9.17) is 4.98 Å². The van der Waals surface area contributed by atoms with E-state index in [9.17, 15) is 5.26 Å². The molecule has 0 saturated heterocycles. The van der Waals surface area contributed by atoms with Crippen LogP contribution in [0.3, 0.4) is 0 Å². The number of pyridine rings is 1. The smallest absolute Gasteiger partial charge is 0.139 e. The van der Waals surface area contributed by atoms with Crippen LogP contribution in [0.25, 0.3) is 98.7 Å². The highest BCUT2D eigenvalue weighted by Gasteiger charge is 2.21. The molecule has 11 aromatic rings. The van der Waals surface area contributed by atoms with E-state index < -0.39 is 0 Å². The third-order valence-corrected chi connectivity index (χ3v) is 10.7. The first-order chi connectivity index (χ1) is 25.8. The van der Waals surface area contributed by atoms with E-state index in [1.807, 2.05) is 30.3 Å². The molecule has 0 amide bonds. The maximum absolute atomic E-state index is 10.2. The van der Waals surface area contributed by atoms with Gasteiger partial charge in [0.15, 0.2) is 0 Å². The van der Waals surface area contributed by atoms with Gasteiger partial charge >= 0.3 is 0 Å². The highest BCUT2D eigenvalue weighted by molar-refractivity contribution is 6.25. The van der Waals surface area contributed by atoms with E-state index in [-0.39, 0.29) is 0 Å². The van der Waals surface area contributed by atoms with E-state index in [2.05, 4.69) is 155 Å². The Morgan fingerprint density at radius 2 is 1.15 bits per heavy atom. The zero-order valence-corrected chi connectivity index (χ0v) is 28.0. The first-order valence-corrected chi connectivity index (χ1v) is 17.5.